The number of imidazole rings is 1. The summed E-state index contributed by atoms with van der Waals surface area (Å²) in [6.07, 6.45) is 2.25. The maximum Gasteiger partial charge on any atom is 0.165 e. The molecule has 7 heteroatoms. The van der Waals surface area contributed by atoms with E-state index in [9.17, 15) is 0 Å². The molecule has 2 aromatic heterocycles. The Morgan fingerprint density at radius 3 is 2.79 bits per heavy atom. The van der Waals surface area contributed by atoms with Crippen molar-refractivity contribution in [1.29, 1.82) is 0 Å². The average Bonchev–Trinajstić information content (AvgIpc) is 3.17. The molecule has 0 unspecified atom stereocenters. The molecule has 4 rings (SSSR count). The second-order valence-corrected chi connectivity index (χ2v) is 6.66. The second kappa shape index (κ2) is 6.31. The number of aryl methyl sites for hydroxylation is 1. The van der Waals surface area contributed by atoms with E-state index in [2.05, 4.69) is 9.97 Å². The van der Waals surface area contributed by atoms with Crippen LogP contribution in [0.25, 0.3) is 22.6 Å². The fourth-order valence-corrected chi connectivity index (χ4v) is 3.55. The van der Waals surface area contributed by atoms with Crippen molar-refractivity contribution in [3.05, 3.63) is 40.3 Å². The van der Waals surface area contributed by atoms with Crippen LogP contribution in [0.1, 0.15) is 18.7 Å². The number of fused-ring (bicyclic) bond motifs is 1. The Bertz CT molecular complexity index is 903. The number of hydrogen-bond donors (Lipinski definition) is 0. The van der Waals surface area contributed by atoms with Gasteiger partial charge in [-0.1, -0.05) is 35.3 Å². The van der Waals surface area contributed by atoms with E-state index in [-0.39, 0.29) is 6.10 Å². The highest BCUT2D eigenvalue weighted by molar-refractivity contribution is 6.34. The molecular formula is C17H16Cl2N4O. The summed E-state index contributed by atoms with van der Waals surface area (Å²) >= 11 is 12.7. The average molecular weight is 363 g/mol. The maximum absolute atomic E-state index is 6.39. The van der Waals surface area contributed by atoms with Crippen LogP contribution in [0.3, 0.4) is 0 Å². The summed E-state index contributed by atoms with van der Waals surface area (Å²) in [7, 11) is 0. The number of benzene rings is 1. The molecule has 1 aliphatic rings. The van der Waals surface area contributed by atoms with Gasteiger partial charge in [0.2, 0.25) is 0 Å². The molecule has 0 saturated carbocycles. The van der Waals surface area contributed by atoms with Crippen LogP contribution in [-0.4, -0.2) is 32.2 Å². The van der Waals surface area contributed by atoms with Crippen LogP contribution in [0.4, 0.5) is 0 Å². The minimum absolute atomic E-state index is 0.151. The second-order valence-electron chi connectivity index (χ2n) is 5.89. The molecule has 0 spiro atoms. The number of halogens is 2. The van der Waals surface area contributed by atoms with Gasteiger partial charge in [0.15, 0.2) is 10.8 Å². The molecule has 1 atom stereocenters. The number of nitrogens with zero attached hydrogens (tertiary/aromatic N) is 4. The number of ether oxygens (including phenoxy) is 1. The molecule has 0 aliphatic carbocycles. The van der Waals surface area contributed by atoms with E-state index in [1.54, 1.807) is 0 Å². The minimum Gasteiger partial charge on any atom is -0.376 e. The first kappa shape index (κ1) is 15.8. The molecule has 124 valence electrons. The van der Waals surface area contributed by atoms with Crippen LogP contribution in [0, 0.1) is 6.92 Å². The van der Waals surface area contributed by atoms with Crippen molar-refractivity contribution >= 4 is 34.4 Å². The van der Waals surface area contributed by atoms with Crippen LogP contribution >= 0.6 is 23.2 Å². The Labute approximate surface area is 149 Å². The van der Waals surface area contributed by atoms with Gasteiger partial charge in [0.1, 0.15) is 17.2 Å². The quantitative estimate of drug-likeness (QED) is 0.652. The predicted octanol–water partition coefficient (Wildman–Crippen LogP) is 4.29. The first-order valence-electron chi connectivity index (χ1n) is 7.90. The van der Waals surface area contributed by atoms with Gasteiger partial charge in [0.05, 0.1) is 17.7 Å². The van der Waals surface area contributed by atoms with E-state index in [0.717, 1.165) is 36.5 Å². The van der Waals surface area contributed by atoms with Crippen molar-refractivity contribution in [1.82, 2.24) is 19.5 Å². The van der Waals surface area contributed by atoms with E-state index >= 15 is 0 Å². The van der Waals surface area contributed by atoms with Gasteiger partial charge in [-0.3, -0.25) is 0 Å². The van der Waals surface area contributed by atoms with Gasteiger partial charge in [-0.15, -0.1) is 0 Å². The van der Waals surface area contributed by atoms with Crippen molar-refractivity contribution in [2.75, 3.05) is 6.61 Å². The van der Waals surface area contributed by atoms with E-state index in [1.807, 2.05) is 35.8 Å². The molecule has 5 nitrogen and oxygen atoms in total. The summed E-state index contributed by atoms with van der Waals surface area (Å²) < 4.78 is 7.85. The summed E-state index contributed by atoms with van der Waals surface area (Å²) in [4.78, 5) is 13.5. The van der Waals surface area contributed by atoms with Crippen molar-refractivity contribution in [3.8, 4) is 11.4 Å². The molecule has 0 radical (unpaired) electrons. The summed E-state index contributed by atoms with van der Waals surface area (Å²) in [5.74, 6) is 1.36. The van der Waals surface area contributed by atoms with Gasteiger partial charge in [-0.25, -0.2) is 15.0 Å². The first-order valence-corrected chi connectivity index (χ1v) is 8.66. The minimum atomic E-state index is 0.151. The van der Waals surface area contributed by atoms with E-state index in [1.165, 1.54) is 0 Å². The highest BCUT2D eigenvalue weighted by Gasteiger charge is 2.23. The smallest absolute Gasteiger partial charge is 0.165 e. The number of hydrogen-bond acceptors (Lipinski definition) is 4. The van der Waals surface area contributed by atoms with Crippen LogP contribution in [0.5, 0.6) is 0 Å². The monoisotopic (exact) mass is 362 g/mol. The standard InChI is InChI=1S/C17H16Cl2N4O/c1-10-20-15(19)14-17(21-10)23(9-11-5-4-8-24-11)16(22-14)12-6-2-3-7-13(12)18/h2-3,6-7,11H,4-5,8-9H2,1H3/t11-/m1/s1. The Morgan fingerprint density at radius 1 is 1.21 bits per heavy atom. The van der Waals surface area contributed by atoms with Crippen molar-refractivity contribution in [3.63, 3.8) is 0 Å². The molecular weight excluding hydrogens is 347 g/mol. The number of aromatic nitrogens is 4. The molecule has 3 aromatic rings. The van der Waals surface area contributed by atoms with E-state index in [0.29, 0.717) is 28.1 Å². The Kier molecular flexibility index (Phi) is 4.16. The van der Waals surface area contributed by atoms with Crippen molar-refractivity contribution in [2.24, 2.45) is 0 Å². The third-order valence-electron chi connectivity index (χ3n) is 4.19. The fraction of sp³-hybridized carbons (Fsp3) is 0.353. The van der Waals surface area contributed by atoms with E-state index in [4.69, 9.17) is 32.9 Å². The molecule has 0 amide bonds. The highest BCUT2D eigenvalue weighted by Crippen LogP contribution is 2.32. The Balaban J connectivity index is 1.94. The summed E-state index contributed by atoms with van der Waals surface area (Å²) in [5, 5.41) is 0.999. The van der Waals surface area contributed by atoms with Gasteiger partial charge < -0.3 is 9.30 Å². The molecule has 1 saturated heterocycles. The summed E-state index contributed by atoms with van der Waals surface area (Å²) in [6.45, 7) is 3.29. The fourth-order valence-electron chi connectivity index (χ4n) is 3.08. The van der Waals surface area contributed by atoms with Gasteiger partial charge in [0, 0.05) is 12.2 Å². The molecule has 24 heavy (non-hydrogen) atoms. The van der Waals surface area contributed by atoms with Gasteiger partial charge in [-0.05, 0) is 31.9 Å². The predicted molar refractivity (Wildman–Crippen MR) is 94.5 cm³/mol. The summed E-state index contributed by atoms with van der Waals surface area (Å²) in [5.41, 5.74) is 2.16. The highest BCUT2D eigenvalue weighted by atomic mass is 35.5. The van der Waals surface area contributed by atoms with Crippen LogP contribution < -0.4 is 0 Å². The molecule has 1 aliphatic heterocycles. The number of rotatable bonds is 3. The molecule has 1 fully saturated rings. The van der Waals surface area contributed by atoms with Crippen LogP contribution in [0.2, 0.25) is 10.2 Å². The zero-order chi connectivity index (χ0) is 16.7. The molecule has 3 heterocycles. The normalized spacial score (nSPS) is 17.7. The molecule has 0 bridgehead atoms. The Morgan fingerprint density at radius 2 is 2.04 bits per heavy atom. The lowest BCUT2D eigenvalue weighted by atomic mass is 10.2. The van der Waals surface area contributed by atoms with Gasteiger partial charge in [0.25, 0.3) is 0 Å². The zero-order valence-corrected chi connectivity index (χ0v) is 14.7. The Hall–Kier alpha value is -1.69. The molecule has 0 N–H and O–H groups in total. The molecule has 1 aromatic carbocycles. The van der Waals surface area contributed by atoms with Crippen LogP contribution in [-0.2, 0) is 11.3 Å². The van der Waals surface area contributed by atoms with Crippen molar-refractivity contribution in [2.45, 2.75) is 32.4 Å². The largest absolute Gasteiger partial charge is 0.376 e. The topological polar surface area (TPSA) is 52.8 Å². The lowest BCUT2D eigenvalue weighted by Crippen LogP contribution is -2.16. The summed E-state index contributed by atoms with van der Waals surface area (Å²) in [6, 6.07) is 7.64. The van der Waals surface area contributed by atoms with Crippen LogP contribution in [0.15, 0.2) is 24.3 Å². The lowest BCUT2D eigenvalue weighted by molar-refractivity contribution is 0.0981. The SMILES string of the molecule is Cc1nc(Cl)c2nc(-c3ccccc3Cl)n(C[C@H]3CCCO3)c2n1. The maximum atomic E-state index is 6.39. The van der Waals surface area contributed by atoms with Crippen molar-refractivity contribution < 1.29 is 4.74 Å². The zero-order valence-electron chi connectivity index (χ0n) is 13.2. The van der Waals surface area contributed by atoms with Gasteiger partial charge in [-0.2, -0.15) is 0 Å². The third-order valence-corrected chi connectivity index (χ3v) is 4.78. The van der Waals surface area contributed by atoms with Gasteiger partial charge >= 0.3 is 0 Å². The third kappa shape index (κ3) is 2.77. The first-order chi connectivity index (χ1) is 11.6. The lowest BCUT2D eigenvalue weighted by Gasteiger charge is -2.14. The van der Waals surface area contributed by atoms with E-state index < -0.39 is 0 Å².